The van der Waals surface area contributed by atoms with Gasteiger partial charge in [-0.2, -0.15) is 0 Å². The number of aliphatic hydroxyl groups is 2. The first kappa shape index (κ1) is 84.1. The summed E-state index contributed by atoms with van der Waals surface area (Å²) in [5.74, 6) is -0.0482. The summed E-state index contributed by atoms with van der Waals surface area (Å²) in [4.78, 5) is 24.6. The molecule has 6 nitrogen and oxygen atoms in total. The summed E-state index contributed by atoms with van der Waals surface area (Å²) in [6.07, 6.45) is 98.4. The minimum Gasteiger partial charge on any atom is -0.466 e. The molecular weight excluding hydrogens is 1050 g/mol. The Kier molecular flexibility index (Phi) is 73.9. The van der Waals surface area contributed by atoms with Crippen molar-refractivity contribution in [2.24, 2.45) is 0 Å². The second-order valence-corrected chi connectivity index (χ2v) is 27.0. The third-order valence-corrected chi connectivity index (χ3v) is 18.4. The molecule has 0 aliphatic heterocycles. The first-order chi connectivity index (χ1) is 42.5. The number of unbranched alkanes of at least 4 members (excludes halogenated alkanes) is 59. The predicted molar refractivity (Wildman–Crippen MR) is 379 cm³/mol. The van der Waals surface area contributed by atoms with Gasteiger partial charge >= 0.3 is 5.97 Å². The van der Waals surface area contributed by atoms with Crippen LogP contribution in [0.25, 0.3) is 0 Å². The number of aliphatic hydroxyl groups excluding tert-OH is 2. The molecule has 0 heterocycles. The number of nitrogens with one attached hydrogen (secondary N) is 1. The van der Waals surface area contributed by atoms with Crippen molar-refractivity contribution in [3.05, 3.63) is 36.5 Å². The molecule has 508 valence electrons. The van der Waals surface area contributed by atoms with E-state index in [0.29, 0.717) is 19.4 Å². The SMILES string of the molecule is CCCCC/C=C\CCCCCCCC(=O)OCCCCCCCCCCCCCCCCCC/C=C\CCCCCCCCCCCCCCCCCCCC(=O)NC(CO)C(O)/C=C/CCCCCCCCCCCCCCCCCCCC. The number of hydrogen-bond acceptors (Lipinski definition) is 5. The molecule has 0 saturated heterocycles. The first-order valence-corrected chi connectivity index (χ1v) is 39.3. The van der Waals surface area contributed by atoms with Gasteiger partial charge in [-0.25, -0.2) is 0 Å². The van der Waals surface area contributed by atoms with Crippen molar-refractivity contribution in [1.29, 1.82) is 0 Å². The Bertz CT molecular complexity index is 1390. The highest BCUT2D eigenvalue weighted by molar-refractivity contribution is 5.76. The summed E-state index contributed by atoms with van der Waals surface area (Å²) in [7, 11) is 0. The lowest BCUT2D eigenvalue weighted by Gasteiger charge is -2.20. The average Bonchev–Trinajstić information content (AvgIpc) is 3.53. The van der Waals surface area contributed by atoms with Crippen LogP contribution in [0.2, 0.25) is 0 Å². The van der Waals surface area contributed by atoms with E-state index in [0.717, 1.165) is 44.9 Å². The molecule has 0 aliphatic carbocycles. The molecule has 2 unspecified atom stereocenters. The van der Waals surface area contributed by atoms with Crippen LogP contribution < -0.4 is 5.32 Å². The molecule has 0 aromatic rings. The third kappa shape index (κ3) is 71.2. The highest BCUT2D eigenvalue weighted by atomic mass is 16.5. The van der Waals surface area contributed by atoms with Gasteiger partial charge in [0, 0.05) is 12.8 Å². The smallest absolute Gasteiger partial charge is 0.305 e. The van der Waals surface area contributed by atoms with E-state index in [1.54, 1.807) is 6.08 Å². The number of carbonyl (C=O) groups excluding carboxylic acids is 2. The van der Waals surface area contributed by atoms with Gasteiger partial charge in [-0.05, 0) is 83.5 Å². The average molecular weight is 1210 g/mol. The van der Waals surface area contributed by atoms with Crippen molar-refractivity contribution < 1.29 is 24.5 Å². The van der Waals surface area contributed by atoms with E-state index < -0.39 is 12.1 Å². The summed E-state index contributed by atoms with van der Waals surface area (Å²) in [5.41, 5.74) is 0. The maximum atomic E-state index is 12.5. The van der Waals surface area contributed by atoms with E-state index in [-0.39, 0.29) is 18.5 Å². The van der Waals surface area contributed by atoms with E-state index in [1.807, 2.05) is 6.08 Å². The van der Waals surface area contributed by atoms with Gasteiger partial charge in [0.1, 0.15) is 0 Å². The van der Waals surface area contributed by atoms with Gasteiger partial charge in [0.25, 0.3) is 0 Å². The van der Waals surface area contributed by atoms with E-state index in [9.17, 15) is 19.8 Å². The minimum absolute atomic E-state index is 0.0116. The lowest BCUT2D eigenvalue weighted by molar-refractivity contribution is -0.143. The van der Waals surface area contributed by atoms with Gasteiger partial charge < -0.3 is 20.3 Å². The zero-order valence-electron chi connectivity index (χ0n) is 58.3. The predicted octanol–water partition coefficient (Wildman–Crippen LogP) is 25.8. The number of amides is 1. The monoisotopic (exact) mass is 1210 g/mol. The highest BCUT2D eigenvalue weighted by Crippen LogP contribution is 2.19. The summed E-state index contributed by atoms with van der Waals surface area (Å²) >= 11 is 0. The fourth-order valence-corrected chi connectivity index (χ4v) is 12.4. The molecule has 0 rings (SSSR count). The van der Waals surface area contributed by atoms with Crippen LogP contribution in [-0.2, 0) is 14.3 Å². The standard InChI is InChI=1S/C80H153NO5/c1-3-5-7-9-11-13-15-17-18-19-20-40-43-46-49-52-56-60-64-68-72-78(83)77(76-82)81-79(84)73-69-65-61-57-53-50-47-44-41-38-36-34-32-30-28-26-24-22-21-23-25-27-29-31-33-35-37-39-42-45-48-51-55-59-63-67-71-75-86-80(85)74-70-66-62-58-54-16-14-12-10-8-6-4-2/h12,14,21,23,68,72,77-78,82-83H,3-11,13,15-20,22,24-67,69-71,73-76H2,1-2H3,(H,81,84)/b14-12-,23-21-,72-68+. The summed E-state index contributed by atoms with van der Waals surface area (Å²) in [5, 5.41) is 23.3. The number of hydrogen-bond donors (Lipinski definition) is 3. The zero-order chi connectivity index (χ0) is 62.0. The van der Waals surface area contributed by atoms with Gasteiger partial charge in [-0.1, -0.05) is 378 Å². The molecule has 0 spiro atoms. The second kappa shape index (κ2) is 75.5. The van der Waals surface area contributed by atoms with Crippen LogP contribution in [0.5, 0.6) is 0 Å². The van der Waals surface area contributed by atoms with Gasteiger partial charge in [-0.3, -0.25) is 9.59 Å². The molecule has 0 aromatic carbocycles. The first-order valence-electron chi connectivity index (χ1n) is 39.3. The summed E-state index contributed by atoms with van der Waals surface area (Å²) in [6.45, 7) is 4.92. The topological polar surface area (TPSA) is 95.9 Å². The largest absolute Gasteiger partial charge is 0.466 e. The Morgan fingerprint density at radius 2 is 0.547 bits per heavy atom. The van der Waals surface area contributed by atoms with Crippen LogP contribution in [-0.4, -0.2) is 47.4 Å². The third-order valence-electron chi connectivity index (χ3n) is 18.4. The van der Waals surface area contributed by atoms with Crippen molar-refractivity contribution in [3.8, 4) is 0 Å². The number of rotatable bonds is 74. The molecule has 86 heavy (non-hydrogen) atoms. The van der Waals surface area contributed by atoms with Crippen LogP contribution in [0.4, 0.5) is 0 Å². The van der Waals surface area contributed by atoms with Crippen molar-refractivity contribution in [2.45, 2.75) is 450 Å². The Balaban J connectivity index is 3.36. The molecular formula is C80H153NO5. The summed E-state index contributed by atoms with van der Waals surface area (Å²) in [6, 6.07) is -0.626. The molecule has 3 N–H and O–H groups in total. The zero-order valence-corrected chi connectivity index (χ0v) is 58.3. The van der Waals surface area contributed by atoms with Crippen LogP contribution in [0.3, 0.4) is 0 Å². The van der Waals surface area contributed by atoms with Crippen LogP contribution in [0.15, 0.2) is 36.5 Å². The van der Waals surface area contributed by atoms with Gasteiger partial charge in [0.05, 0.1) is 25.4 Å². The van der Waals surface area contributed by atoms with Crippen LogP contribution in [0, 0.1) is 0 Å². The lowest BCUT2D eigenvalue weighted by Crippen LogP contribution is -2.45. The molecule has 0 radical (unpaired) electrons. The van der Waals surface area contributed by atoms with Gasteiger partial charge in [0.2, 0.25) is 5.91 Å². The van der Waals surface area contributed by atoms with Crippen LogP contribution >= 0.6 is 0 Å². The Hall–Kier alpha value is -1.92. The Morgan fingerprint density at radius 3 is 0.849 bits per heavy atom. The fraction of sp³-hybridized carbons (Fsp3) is 0.900. The minimum atomic E-state index is -0.843. The van der Waals surface area contributed by atoms with Gasteiger partial charge in [0.15, 0.2) is 0 Å². The molecule has 0 fully saturated rings. The summed E-state index contributed by atoms with van der Waals surface area (Å²) < 4.78 is 5.48. The molecule has 0 aromatic heterocycles. The molecule has 2 atom stereocenters. The van der Waals surface area contributed by atoms with Crippen molar-refractivity contribution >= 4 is 11.9 Å². The number of carbonyl (C=O) groups is 2. The number of esters is 1. The molecule has 0 saturated carbocycles. The fourth-order valence-electron chi connectivity index (χ4n) is 12.4. The number of allylic oxidation sites excluding steroid dienone is 5. The lowest BCUT2D eigenvalue weighted by atomic mass is 10.0. The van der Waals surface area contributed by atoms with Gasteiger partial charge in [-0.15, -0.1) is 0 Å². The van der Waals surface area contributed by atoms with E-state index in [1.165, 1.54) is 366 Å². The van der Waals surface area contributed by atoms with E-state index in [2.05, 4.69) is 43.5 Å². The van der Waals surface area contributed by atoms with Crippen molar-refractivity contribution in [3.63, 3.8) is 0 Å². The maximum absolute atomic E-state index is 12.5. The quantitative estimate of drug-likeness (QED) is 0.0320. The molecule has 0 aliphatic rings. The second-order valence-electron chi connectivity index (χ2n) is 27.0. The Morgan fingerprint density at radius 1 is 0.314 bits per heavy atom. The van der Waals surface area contributed by atoms with Crippen LogP contribution in [0.1, 0.15) is 438 Å². The van der Waals surface area contributed by atoms with E-state index in [4.69, 9.17) is 4.74 Å². The highest BCUT2D eigenvalue weighted by Gasteiger charge is 2.18. The Labute approximate surface area is 538 Å². The van der Waals surface area contributed by atoms with E-state index >= 15 is 0 Å². The maximum Gasteiger partial charge on any atom is 0.305 e. The van der Waals surface area contributed by atoms with Crippen molar-refractivity contribution in [2.75, 3.05) is 13.2 Å². The molecule has 0 bridgehead atoms. The number of ether oxygens (including phenoxy) is 1. The normalized spacial score (nSPS) is 12.7. The van der Waals surface area contributed by atoms with Crippen molar-refractivity contribution in [1.82, 2.24) is 5.32 Å². The molecule has 6 heteroatoms. The molecule has 1 amide bonds.